The second-order valence-corrected chi connectivity index (χ2v) is 10.5. The lowest BCUT2D eigenvalue weighted by atomic mass is 10.0. The molecule has 10 heteroatoms. The van der Waals surface area contributed by atoms with E-state index in [4.69, 9.17) is 18.9 Å². The number of hydrogen-bond acceptors (Lipinski definition) is 7. The number of amides is 2. The molecule has 0 aliphatic carbocycles. The number of ether oxygens (including phenoxy) is 4. The van der Waals surface area contributed by atoms with Gasteiger partial charge in [-0.25, -0.2) is 9.59 Å². The number of aliphatic hydroxyl groups excluding tert-OH is 1. The third-order valence-electron chi connectivity index (χ3n) is 6.90. The van der Waals surface area contributed by atoms with Gasteiger partial charge in [-0.15, -0.1) is 0 Å². The third-order valence-corrected chi connectivity index (χ3v) is 6.90. The van der Waals surface area contributed by atoms with E-state index < -0.39 is 30.4 Å². The highest BCUT2D eigenvalue weighted by Crippen LogP contribution is 2.33. The number of fused-ring (bicyclic) bond motifs is 1. The van der Waals surface area contributed by atoms with Gasteiger partial charge in [-0.2, -0.15) is 0 Å². The van der Waals surface area contributed by atoms with E-state index in [2.05, 4.69) is 5.32 Å². The number of benzene rings is 2. The van der Waals surface area contributed by atoms with Crippen molar-refractivity contribution in [3.05, 3.63) is 65.7 Å². The average Bonchev–Trinajstić information content (AvgIpc) is 3.53. The molecule has 2 fully saturated rings. The summed E-state index contributed by atoms with van der Waals surface area (Å²) in [6.07, 6.45) is -2.76. The van der Waals surface area contributed by atoms with E-state index in [1.807, 2.05) is 68.4 Å². The minimum absolute atomic E-state index is 0.0175. The number of rotatable bonds is 12. The Morgan fingerprint density at radius 3 is 2.49 bits per heavy atom. The Labute approximate surface area is 228 Å². The van der Waals surface area contributed by atoms with Crippen molar-refractivity contribution < 1.29 is 38.7 Å². The quantitative estimate of drug-likeness (QED) is 0.371. The first-order valence-corrected chi connectivity index (χ1v) is 13.4. The molecule has 0 aromatic heterocycles. The SMILES string of the molecule is CC(C)CN(C[C@@H](O)[C@H](Cc1ccc(OCc2ccccc2)cc1)NC(=O)O[C@H]1CO[C@H]2OCC[C@H]21)C(=O)O. The molecule has 2 aliphatic heterocycles. The first kappa shape index (κ1) is 28.7. The monoisotopic (exact) mass is 542 g/mol. The first-order valence-electron chi connectivity index (χ1n) is 13.4. The Bertz CT molecular complexity index is 1060. The lowest BCUT2D eigenvalue weighted by Crippen LogP contribution is -2.51. The number of carboxylic acid groups (broad SMARTS) is 1. The summed E-state index contributed by atoms with van der Waals surface area (Å²) in [6.45, 7) is 5.17. The maximum atomic E-state index is 12.9. The first-order chi connectivity index (χ1) is 18.8. The molecule has 0 spiro atoms. The molecule has 2 heterocycles. The second-order valence-electron chi connectivity index (χ2n) is 10.5. The molecule has 0 bridgehead atoms. The van der Waals surface area contributed by atoms with E-state index in [1.54, 1.807) is 0 Å². The van der Waals surface area contributed by atoms with Crippen LogP contribution in [-0.2, 0) is 27.2 Å². The van der Waals surface area contributed by atoms with E-state index >= 15 is 0 Å². The van der Waals surface area contributed by atoms with Gasteiger partial charge < -0.3 is 39.4 Å². The molecule has 2 aliphatic rings. The third kappa shape index (κ3) is 8.32. The van der Waals surface area contributed by atoms with Crippen LogP contribution in [0.2, 0.25) is 0 Å². The highest BCUT2D eigenvalue weighted by atomic mass is 16.7. The molecule has 0 saturated carbocycles. The van der Waals surface area contributed by atoms with Crippen molar-refractivity contribution in [2.45, 2.75) is 57.8 Å². The zero-order valence-corrected chi connectivity index (χ0v) is 22.4. The van der Waals surface area contributed by atoms with Gasteiger partial charge in [0.05, 0.1) is 37.8 Å². The summed E-state index contributed by atoms with van der Waals surface area (Å²) in [5.41, 5.74) is 1.89. The van der Waals surface area contributed by atoms with Crippen molar-refractivity contribution in [1.82, 2.24) is 10.2 Å². The van der Waals surface area contributed by atoms with Gasteiger partial charge in [0.2, 0.25) is 0 Å². The van der Waals surface area contributed by atoms with E-state index in [9.17, 15) is 19.8 Å². The largest absolute Gasteiger partial charge is 0.489 e. The topological polar surface area (TPSA) is 127 Å². The number of nitrogens with zero attached hydrogens (tertiary/aromatic N) is 1. The number of nitrogens with one attached hydrogen (secondary N) is 1. The molecule has 2 aromatic carbocycles. The van der Waals surface area contributed by atoms with Crippen LogP contribution in [0.3, 0.4) is 0 Å². The van der Waals surface area contributed by atoms with Gasteiger partial charge in [0, 0.05) is 6.54 Å². The Hall–Kier alpha value is -3.34. The molecule has 0 unspecified atom stereocenters. The molecular formula is C29H38N2O8. The van der Waals surface area contributed by atoms with Crippen molar-refractivity contribution >= 4 is 12.2 Å². The van der Waals surface area contributed by atoms with Crippen LogP contribution in [0.15, 0.2) is 54.6 Å². The van der Waals surface area contributed by atoms with Gasteiger partial charge in [0.15, 0.2) is 6.29 Å². The highest BCUT2D eigenvalue weighted by Gasteiger charge is 2.44. The number of alkyl carbamates (subject to hydrolysis) is 1. The van der Waals surface area contributed by atoms with Gasteiger partial charge in [0.25, 0.3) is 0 Å². The van der Waals surface area contributed by atoms with Crippen molar-refractivity contribution in [2.75, 3.05) is 26.3 Å². The van der Waals surface area contributed by atoms with Gasteiger partial charge in [-0.1, -0.05) is 56.3 Å². The van der Waals surface area contributed by atoms with Gasteiger partial charge in [0.1, 0.15) is 18.5 Å². The van der Waals surface area contributed by atoms with Crippen LogP contribution in [0, 0.1) is 11.8 Å². The summed E-state index contributed by atoms with van der Waals surface area (Å²) >= 11 is 0. The Balaban J connectivity index is 1.40. The number of carbonyl (C=O) groups is 2. The van der Waals surface area contributed by atoms with Crippen molar-refractivity contribution in [3.8, 4) is 5.75 Å². The lowest BCUT2D eigenvalue weighted by Gasteiger charge is -2.30. The van der Waals surface area contributed by atoms with Crippen molar-refractivity contribution in [2.24, 2.45) is 11.8 Å². The normalized spacial score (nSPS) is 21.7. The molecule has 2 amide bonds. The van der Waals surface area contributed by atoms with Gasteiger partial charge >= 0.3 is 12.2 Å². The Kier molecular flexibility index (Phi) is 10.0. The molecule has 5 atom stereocenters. The summed E-state index contributed by atoms with van der Waals surface area (Å²) in [5.74, 6) is 0.753. The maximum absolute atomic E-state index is 12.9. The fraction of sp³-hybridized carbons (Fsp3) is 0.517. The fourth-order valence-electron chi connectivity index (χ4n) is 4.89. The minimum Gasteiger partial charge on any atom is -0.489 e. The number of hydrogen-bond donors (Lipinski definition) is 3. The maximum Gasteiger partial charge on any atom is 0.407 e. The standard InChI is InChI=1S/C29H38N2O8/c1-19(2)15-31(29(34)35)16-25(32)24(30-28(33)39-26-18-38-27-23(26)12-13-36-27)14-20-8-10-22(11-9-20)37-17-21-6-4-3-5-7-21/h3-11,19,23-27,32H,12-18H2,1-2H3,(H,30,33)(H,34,35)/t23-,24-,25+,26-,27+/m0/s1. The summed E-state index contributed by atoms with van der Waals surface area (Å²) in [6, 6.07) is 16.4. The molecule has 10 nitrogen and oxygen atoms in total. The summed E-state index contributed by atoms with van der Waals surface area (Å²) in [4.78, 5) is 25.8. The average molecular weight is 543 g/mol. The van der Waals surface area contributed by atoms with Crippen LogP contribution in [-0.4, -0.2) is 78.1 Å². The smallest absolute Gasteiger partial charge is 0.407 e. The lowest BCUT2D eigenvalue weighted by molar-refractivity contribution is -0.0907. The van der Waals surface area contributed by atoms with Crippen LogP contribution in [0.1, 0.15) is 31.4 Å². The van der Waals surface area contributed by atoms with E-state index in [-0.39, 0.29) is 44.2 Å². The van der Waals surface area contributed by atoms with Gasteiger partial charge in [-0.05, 0) is 42.0 Å². The summed E-state index contributed by atoms with van der Waals surface area (Å²) in [5, 5.41) is 23.5. The van der Waals surface area contributed by atoms with Crippen molar-refractivity contribution in [1.29, 1.82) is 0 Å². The number of aliphatic hydroxyl groups is 1. The van der Waals surface area contributed by atoms with Crippen LogP contribution in [0.5, 0.6) is 5.75 Å². The zero-order chi connectivity index (χ0) is 27.8. The predicted octanol–water partition coefficient (Wildman–Crippen LogP) is 3.66. The van der Waals surface area contributed by atoms with Crippen LogP contribution in [0.25, 0.3) is 0 Å². The van der Waals surface area contributed by atoms with Crippen LogP contribution in [0.4, 0.5) is 9.59 Å². The Morgan fingerprint density at radius 1 is 1.05 bits per heavy atom. The molecule has 4 rings (SSSR count). The summed E-state index contributed by atoms with van der Waals surface area (Å²) in [7, 11) is 0. The Morgan fingerprint density at radius 2 is 1.79 bits per heavy atom. The second kappa shape index (κ2) is 13.6. The molecule has 2 saturated heterocycles. The summed E-state index contributed by atoms with van der Waals surface area (Å²) < 4.78 is 22.5. The molecule has 3 N–H and O–H groups in total. The number of carbonyl (C=O) groups excluding carboxylic acids is 1. The van der Waals surface area contributed by atoms with E-state index in [0.29, 0.717) is 19.0 Å². The predicted molar refractivity (Wildman–Crippen MR) is 142 cm³/mol. The van der Waals surface area contributed by atoms with E-state index in [0.717, 1.165) is 17.5 Å². The molecule has 2 aromatic rings. The molecule has 212 valence electrons. The fourth-order valence-corrected chi connectivity index (χ4v) is 4.89. The molecular weight excluding hydrogens is 504 g/mol. The van der Waals surface area contributed by atoms with Crippen LogP contribution >= 0.6 is 0 Å². The minimum atomic E-state index is -1.16. The highest BCUT2D eigenvalue weighted by molar-refractivity contribution is 5.68. The van der Waals surface area contributed by atoms with Gasteiger partial charge in [-0.3, -0.25) is 0 Å². The molecule has 39 heavy (non-hydrogen) atoms. The van der Waals surface area contributed by atoms with Crippen molar-refractivity contribution in [3.63, 3.8) is 0 Å². The van der Waals surface area contributed by atoms with Crippen LogP contribution < -0.4 is 10.1 Å². The van der Waals surface area contributed by atoms with E-state index in [1.165, 1.54) is 4.90 Å². The zero-order valence-electron chi connectivity index (χ0n) is 22.4. The molecule has 0 radical (unpaired) electrons.